The van der Waals surface area contributed by atoms with Crippen LogP contribution in [0, 0.1) is 11.8 Å². The third kappa shape index (κ3) is 5.83. The summed E-state index contributed by atoms with van der Waals surface area (Å²) >= 11 is 0. The van der Waals surface area contributed by atoms with Gasteiger partial charge in [-0.15, -0.1) is 0 Å². The molecule has 1 aromatic carbocycles. The number of ether oxygens (including phenoxy) is 1. The molecule has 164 valence electrons. The number of benzene rings is 1. The number of hydrogen-bond acceptors (Lipinski definition) is 4. The second-order valence-electron chi connectivity index (χ2n) is 8.90. The molecular weight excluding hydrogens is 380 g/mol. The van der Waals surface area contributed by atoms with Crippen molar-refractivity contribution in [2.24, 2.45) is 11.8 Å². The quantitative estimate of drug-likeness (QED) is 0.696. The minimum absolute atomic E-state index is 0.113. The molecule has 2 amide bonds. The maximum absolute atomic E-state index is 12.8. The van der Waals surface area contributed by atoms with Crippen LogP contribution >= 0.6 is 0 Å². The summed E-state index contributed by atoms with van der Waals surface area (Å²) in [7, 11) is 0. The molecule has 2 fully saturated rings. The SMILES string of the molecule is CC(C)[C@H](NC(=O)Cc1ccccc1)C(=O)OCC(=O)N1CCC[C@@H]2CCCC[C@H]21. The first-order valence-corrected chi connectivity index (χ1v) is 11.2. The van der Waals surface area contributed by atoms with E-state index in [1.165, 1.54) is 19.3 Å². The van der Waals surface area contributed by atoms with Crippen LogP contribution < -0.4 is 5.32 Å². The Kier molecular flexibility index (Phi) is 7.88. The number of amides is 2. The summed E-state index contributed by atoms with van der Waals surface area (Å²) in [4.78, 5) is 39.7. The molecule has 3 atom stereocenters. The molecule has 1 saturated carbocycles. The molecule has 30 heavy (non-hydrogen) atoms. The van der Waals surface area contributed by atoms with Gasteiger partial charge in [-0.25, -0.2) is 4.79 Å². The van der Waals surface area contributed by atoms with Gasteiger partial charge in [0.25, 0.3) is 5.91 Å². The van der Waals surface area contributed by atoms with E-state index in [9.17, 15) is 14.4 Å². The van der Waals surface area contributed by atoms with Crippen LogP contribution in [-0.2, 0) is 25.5 Å². The number of carbonyl (C=O) groups excluding carboxylic acids is 3. The maximum atomic E-state index is 12.8. The average molecular weight is 415 g/mol. The smallest absolute Gasteiger partial charge is 0.329 e. The van der Waals surface area contributed by atoms with E-state index < -0.39 is 12.0 Å². The fourth-order valence-electron chi connectivity index (χ4n) is 4.74. The molecule has 6 nitrogen and oxygen atoms in total. The molecule has 1 saturated heterocycles. The van der Waals surface area contributed by atoms with Crippen molar-refractivity contribution in [3.05, 3.63) is 35.9 Å². The van der Waals surface area contributed by atoms with Crippen molar-refractivity contribution in [3.63, 3.8) is 0 Å². The van der Waals surface area contributed by atoms with Gasteiger partial charge in [0.05, 0.1) is 6.42 Å². The van der Waals surface area contributed by atoms with Crippen LogP contribution in [0.5, 0.6) is 0 Å². The fraction of sp³-hybridized carbons (Fsp3) is 0.625. The molecule has 1 aromatic rings. The minimum atomic E-state index is -0.766. The number of carbonyl (C=O) groups is 3. The van der Waals surface area contributed by atoms with Crippen molar-refractivity contribution in [2.75, 3.05) is 13.2 Å². The second kappa shape index (κ2) is 10.6. The van der Waals surface area contributed by atoms with E-state index in [1.54, 1.807) is 0 Å². The predicted molar refractivity (Wildman–Crippen MR) is 115 cm³/mol. The zero-order chi connectivity index (χ0) is 21.5. The largest absolute Gasteiger partial charge is 0.454 e. The molecule has 1 aliphatic heterocycles. The molecule has 0 radical (unpaired) electrons. The molecule has 1 aliphatic carbocycles. The highest BCUT2D eigenvalue weighted by Gasteiger charge is 2.36. The van der Waals surface area contributed by atoms with Crippen molar-refractivity contribution < 1.29 is 19.1 Å². The number of likely N-dealkylation sites (tertiary alicyclic amines) is 1. The van der Waals surface area contributed by atoms with Crippen molar-refractivity contribution in [1.82, 2.24) is 10.2 Å². The van der Waals surface area contributed by atoms with Crippen LogP contribution in [0.2, 0.25) is 0 Å². The predicted octanol–water partition coefficient (Wildman–Crippen LogP) is 3.09. The Morgan fingerprint density at radius 2 is 1.77 bits per heavy atom. The molecule has 0 unspecified atom stereocenters. The van der Waals surface area contributed by atoms with Gasteiger partial charge in [0.1, 0.15) is 6.04 Å². The van der Waals surface area contributed by atoms with Crippen LogP contribution in [0.1, 0.15) is 57.9 Å². The monoisotopic (exact) mass is 414 g/mol. The van der Waals surface area contributed by atoms with Crippen LogP contribution in [0.25, 0.3) is 0 Å². The lowest BCUT2D eigenvalue weighted by atomic mass is 9.78. The van der Waals surface area contributed by atoms with E-state index in [0.29, 0.717) is 12.0 Å². The molecular formula is C24H34N2O4. The van der Waals surface area contributed by atoms with Crippen LogP contribution in [0.15, 0.2) is 30.3 Å². The Balaban J connectivity index is 1.52. The Morgan fingerprint density at radius 1 is 1.07 bits per heavy atom. The number of hydrogen-bond donors (Lipinski definition) is 1. The zero-order valence-corrected chi connectivity index (χ0v) is 18.1. The fourth-order valence-corrected chi connectivity index (χ4v) is 4.74. The van der Waals surface area contributed by atoms with Crippen LogP contribution in [0.4, 0.5) is 0 Å². The molecule has 1 N–H and O–H groups in total. The Hall–Kier alpha value is -2.37. The summed E-state index contributed by atoms with van der Waals surface area (Å²) in [6, 6.07) is 8.92. The molecule has 3 rings (SSSR count). The lowest BCUT2D eigenvalue weighted by molar-refractivity contribution is -0.157. The summed E-state index contributed by atoms with van der Waals surface area (Å²) < 4.78 is 5.37. The third-order valence-corrected chi connectivity index (χ3v) is 6.35. The topological polar surface area (TPSA) is 75.7 Å². The molecule has 2 aliphatic rings. The van der Waals surface area contributed by atoms with E-state index in [4.69, 9.17) is 4.74 Å². The second-order valence-corrected chi connectivity index (χ2v) is 8.90. The van der Waals surface area contributed by atoms with Crippen molar-refractivity contribution >= 4 is 17.8 Å². The van der Waals surface area contributed by atoms with E-state index in [-0.39, 0.29) is 30.8 Å². The van der Waals surface area contributed by atoms with Gasteiger partial charge in [-0.3, -0.25) is 9.59 Å². The third-order valence-electron chi connectivity index (χ3n) is 6.35. The summed E-state index contributed by atoms with van der Waals surface area (Å²) in [6.07, 6.45) is 7.06. The first kappa shape index (κ1) is 22.3. The van der Waals surface area contributed by atoms with Gasteiger partial charge in [-0.1, -0.05) is 57.0 Å². The number of nitrogens with zero attached hydrogens (tertiary/aromatic N) is 1. The lowest BCUT2D eigenvalue weighted by Gasteiger charge is -2.44. The summed E-state index contributed by atoms with van der Waals surface area (Å²) in [6.45, 7) is 4.21. The van der Waals surface area contributed by atoms with Gasteiger partial charge < -0.3 is 15.0 Å². The zero-order valence-electron chi connectivity index (χ0n) is 18.1. The van der Waals surface area contributed by atoms with E-state index in [1.807, 2.05) is 49.1 Å². The van der Waals surface area contributed by atoms with Gasteiger partial charge in [-0.05, 0) is 43.1 Å². The first-order chi connectivity index (χ1) is 14.5. The average Bonchev–Trinajstić information content (AvgIpc) is 2.75. The Morgan fingerprint density at radius 3 is 2.50 bits per heavy atom. The highest BCUT2D eigenvalue weighted by atomic mass is 16.5. The number of fused-ring (bicyclic) bond motifs is 1. The van der Waals surface area contributed by atoms with Crippen molar-refractivity contribution in [2.45, 2.75) is 70.9 Å². The number of esters is 1. The summed E-state index contributed by atoms with van der Waals surface area (Å²) in [5.41, 5.74) is 0.883. The normalized spacial score (nSPS) is 22.2. The highest BCUT2D eigenvalue weighted by Crippen LogP contribution is 2.35. The van der Waals surface area contributed by atoms with Gasteiger partial charge in [0, 0.05) is 12.6 Å². The number of nitrogens with one attached hydrogen (secondary N) is 1. The van der Waals surface area contributed by atoms with E-state index in [2.05, 4.69) is 5.32 Å². The summed E-state index contributed by atoms with van der Waals surface area (Å²) in [5.74, 6) is -0.433. The maximum Gasteiger partial charge on any atom is 0.329 e. The van der Waals surface area contributed by atoms with Crippen molar-refractivity contribution in [3.8, 4) is 0 Å². The van der Waals surface area contributed by atoms with Crippen molar-refractivity contribution in [1.29, 1.82) is 0 Å². The number of piperidine rings is 1. The minimum Gasteiger partial charge on any atom is -0.454 e. The molecule has 0 bridgehead atoms. The number of rotatable bonds is 7. The van der Waals surface area contributed by atoms with Gasteiger partial charge in [-0.2, -0.15) is 0 Å². The molecule has 0 aromatic heterocycles. The van der Waals surface area contributed by atoms with Crippen LogP contribution in [-0.4, -0.2) is 47.9 Å². The van der Waals surface area contributed by atoms with E-state index >= 15 is 0 Å². The Labute approximate surface area is 179 Å². The molecule has 6 heteroatoms. The van der Waals surface area contributed by atoms with Gasteiger partial charge in [0.2, 0.25) is 5.91 Å². The molecule has 1 heterocycles. The van der Waals surface area contributed by atoms with E-state index in [0.717, 1.165) is 31.4 Å². The van der Waals surface area contributed by atoms with Gasteiger partial charge >= 0.3 is 5.97 Å². The highest BCUT2D eigenvalue weighted by molar-refractivity contribution is 5.87. The molecule has 0 spiro atoms. The van der Waals surface area contributed by atoms with Crippen LogP contribution in [0.3, 0.4) is 0 Å². The lowest BCUT2D eigenvalue weighted by Crippen LogP contribution is -2.51. The first-order valence-electron chi connectivity index (χ1n) is 11.2. The Bertz CT molecular complexity index is 732. The standard InChI is InChI=1S/C24H34N2O4/c1-17(2)23(25-21(27)15-18-9-4-3-5-10-18)24(29)30-16-22(28)26-14-8-12-19-11-6-7-13-20(19)26/h3-5,9-10,17,19-20,23H,6-8,11-16H2,1-2H3,(H,25,27)/t19-,20+,23-/m0/s1. The van der Waals surface area contributed by atoms with Gasteiger partial charge in [0.15, 0.2) is 6.61 Å². The summed E-state index contributed by atoms with van der Waals surface area (Å²) in [5, 5.41) is 2.77.